The molecule has 5 nitrogen and oxygen atoms in total. The Morgan fingerprint density at radius 3 is 1.93 bits per heavy atom. The molecule has 0 aliphatic heterocycles. The highest BCUT2D eigenvalue weighted by Gasteiger charge is 2.17. The molecule has 2 aromatic rings. The van der Waals surface area contributed by atoms with Gasteiger partial charge in [0.1, 0.15) is 28.6 Å². The topological polar surface area (TPSA) is 54.0 Å². The lowest BCUT2D eigenvalue weighted by molar-refractivity contribution is 0.104. The number of allylic oxidation sites excluding steroid dienone is 1. The van der Waals surface area contributed by atoms with E-state index in [-0.39, 0.29) is 5.78 Å². The summed E-state index contributed by atoms with van der Waals surface area (Å²) >= 11 is 0. The first-order valence-corrected chi connectivity index (χ1v) is 9.65. The van der Waals surface area contributed by atoms with Gasteiger partial charge in [-0.25, -0.2) is 0 Å². The molecule has 0 aromatic heterocycles. The molecule has 0 atom stereocenters. The van der Waals surface area contributed by atoms with Crippen molar-refractivity contribution < 1.29 is 23.7 Å². The molecule has 0 saturated carbocycles. The number of hydrogen-bond donors (Lipinski definition) is 0. The summed E-state index contributed by atoms with van der Waals surface area (Å²) in [5.74, 6) is 2.24. The van der Waals surface area contributed by atoms with Crippen LogP contribution in [0.4, 0.5) is 0 Å². The van der Waals surface area contributed by atoms with Crippen molar-refractivity contribution in [1.82, 2.24) is 0 Å². The summed E-state index contributed by atoms with van der Waals surface area (Å²) < 4.78 is 22.5. The lowest BCUT2D eigenvalue weighted by atomic mass is 10.1. The zero-order chi connectivity index (χ0) is 20.4. The van der Waals surface area contributed by atoms with Gasteiger partial charge < -0.3 is 18.9 Å². The first kappa shape index (κ1) is 21.4. The minimum absolute atomic E-state index is 0.191. The van der Waals surface area contributed by atoms with Gasteiger partial charge in [0.25, 0.3) is 0 Å². The van der Waals surface area contributed by atoms with Crippen molar-refractivity contribution in [2.75, 3.05) is 26.4 Å². The van der Waals surface area contributed by atoms with E-state index in [0.29, 0.717) is 49.2 Å². The van der Waals surface area contributed by atoms with E-state index in [4.69, 9.17) is 18.9 Å². The Labute approximate surface area is 166 Å². The minimum atomic E-state index is -0.191. The quantitative estimate of drug-likeness (QED) is 0.395. The molecule has 5 heteroatoms. The molecule has 0 aliphatic carbocycles. The number of carbonyl (C=O) groups is 1. The number of hydrogen-bond acceptors (Lipinski definition) is 5. The van der Waals surface area contributed by atoms with Gasteiger partial charge in [0.2, 0.25) is 0 Å². The molecule has 2 rings (SSSR count). The van der Waals surface area contributed by atoms with E-state index in [2.05, 4.69) is 0 Å². The summed E-state index contributed by atoms with van der Waals surface area (Å²) in [4.78, 5) is 12.9. The summed E-state index contributed by atoms with van der Waals surface area (Å²) in [7, 11) is 0. The fraction of sp³-hybridized carbons (Fsp3) is 0.348. The summed E-state index contributed by atoms with van der Waals surface area (Å²) in [6.45, 7) is 9.63. The Morgan fingerprint density at radius 2 is 1.36 bits per heavy atom. The molecule has 0 aliphatic rings. The van der Waals surface area contributed by atoms with Crippen molar-refractivity contribution in [1.29, 1.82) is 0 Å². The van der Waals surface area contributed by atoms with E-state index >= 15 is 0 Å². The second-order valence-corrected chi connectivity index (χ2v) is 5.76. The highest BCUT2D eigenvalue weighted by atomic mass is 16.5. The van der Waals surface area contributed by atoms with Crippen molar-refractivity contribution in [3.8, 4) is 23.0 Å². The maximum absolute atomic E-state index is 12.9. The van der Waals surface area contributed by atoms with Gasteiger partial charge in [0, 0.05) is 11.6 Å². The molecule has 0 saturated heterocycles. The zero-order valence-electron chi connectivity index (χ0n) is 17.0. The third-order valence-corrected chi connectivity index (χ3v) is 3.84. The summed E-state index contributed by atoms with van der Waals surface area (Å²) in [6, 6.07) is 10.9. The maximum Gasteiger partial charge on any atom is 0.193 e. The van der Waals surface area contributed by atoms with Crippen molar-refractivity contribution in [2.24, 2.45) is 0 Å². The summed E-state index contributed by atoms with van der Waals surface area (Å²) in [5, 5.41) is 0. The average Bonchev–Trinajstić information content (AvgIpc) is 2.68. The van der Waals surface area contributed by atoms with E-state index in [9.17, 15) is 4.79 Å². The predicted octanol–water partition coefficient (Wildman–Crippen LogP) is 5.18. The van der Waals surface area contributed by atoms with Crippen LogP contribution < -0.4 is 18.9 Å². The molecule has 0 unspecified atom stereocenters. The Morgan fingerprint density at radius 1 is 0.786 bits per heavy atom. The summed E-state index contributed by atoms with van der Waals surface area (Å²) in [6.07, 6.45) is 3.25. The van der Waals surface area contributed by atoms with Gasteiger partial charge in [-0.2, -0.15) is 0 Å². The van der Waals surface area contributed by atoms with Crippen LogP contribution in [0.25, 0.3) is 6.08 Å². The third-order valence-electron chi connectivity index (χ3n) is 3.84. The maximum atomic E-state index is 12.9. The molecular weight excluding hydrogens is 356 g/mol. The van der Waals surface area contributed by atoms with Gasteiger partial charge in [-0.1, -0.05) is 6.07 Å². The molecule has 0 heterocycles. The molecule has 0 fully saturated rings. The highest BCUT2D eigenvalue weighted by Crippen LogP contribution is 2.31. The van der Waals surface area contributed by atoms with Gasteiger partial charge in [-0.15, -0.1) is 0 Å². The average molecular weight is 384 g/mol. The monoisotopic (exact) mass is 384 g/mol. The van der Waals surface area contributed by atoms with Crippen molar-refractivity contribution in [2.45, 2.75) is 27.7 Å². The fourth-order valence-electron chi connectivity index (χ4n) is 2.74. The van der Waals surface area contributed by atoms with Crippen LogP contribution in [-0.4, -0.2) is 32.2 Å². The van der Waals surface area contributed by atoms with Gasteiger partial charge in [0.05, 0.1) is 26.4 Å². The van der Waals surface area contributed by atoms with Gasteiger partial charge in [-0.3, -0.25) is 4.79 Å². The third kappa shape index (κ3) is 5.52. The molecule has 0 bridgehead atoms. The van der Waals surface area contributed by atoms with Crippen molar-refractivity contribution >= 4 is 11.9 Å². The number of ether oxygens (including phenoxy) is 4. The molecule has 0 N–H and O–H groups in total. The van der Waals surface area contributed by atoms with Crippen LogP contribution in [0.1, 0.15) is 43.6 Å². The molecule has 0 spiro atoms. The number of ketones is 1. The Balaban J connectivity index is 2.35. The minimum Gasteiger partial charge on any atom is -0.494 e. The van der Waals surface area contributed by atoms with E-state index in [1.165, 1.54) is 6.08 Å². The Hall–Kier alpha value is -2.95. The van der Waals surface area contributed by atoms with Crippen LogP contribution in [0.15, 0.2) is 42.5 Å². The first-order valence-electron chi connectivity index (χ1n) is 9.65. The molecule has 150 valence electrons. The molecule has 0 amide bonds. The molecule has 2 aromatic carbocycles. The largest absolute Gasteiger partial charge is 0.494 e. The summed E-state index contributed by atoms with van der Waals surface area (Å²) in [5.41, 5.74) is 1.22. The van der Waals surface area contributed by atoms with Crippen molar-refractivity contribution in [3.63, 3.8) is 0 Å². The van der Waals surface area contributed by atoms with E-state index in [0.717, 1.165) is 11.3 Å². The SMILES string of the molecule is CCOc1ccc(/C=C/C(=O)c2c(OCC)cccc2OCC)c(OCC)c1. The Kier molecular flexibility index (Phi) is 8.40. The predicted molar refractivity (Wildman–Crippen MR) is 111 cm³/mol. The lowest BCUT2D eigenvalue weighted by Crippen LogP contribution is -2.06. The Bertz CT molecular complexity index is 786. The molecular formula is C23H28O5. The van der Waals surface area contributed by atoms with Crippen LogP contribution in [0.2, 0.25) is 0 Å². The fourth-order valence-corrected chi connectivity index (χ4v) is 2.74. The van der Waals surface area contributed by atoms with Crippen molar-refractivity contribution in [3.05, 3.63) is 53.6 Å². The van der Waals surface area contributed by atoms with Gasteiger partial charge in [0.15, 0.2) is 5.78 Å². The van der Waals surface area contributed by atoms with E-state index in [1.807, 2.05) is 52.0 Å². The highest BCUT2D eigenvalue weighted by molar-refractivity contribution is 6.10. The smallest absolute Gasteiger partial charge is 0.193 e. The molecule has 28 heavy (non-hydrogen) atoms. The second kappa shape index (κ2) is 11.0. The van der Waals surface area contributed by atoms with Gasteiger partial charge in [-0.05, 0) is 64.1 Å². The van der Waals surface area contributed by atoms with E-state index in [1.54, 1.807) is 18.2 Å². The van der Waals surface area contributed by atoms with Crippen LogP contribution >= 0.6 is 0 Å². The van der Waals surface area contributed by atoms with Crippen LogP contribution in [0.3, 0.4) is 0 Å². The standard InChI is InChI=1S/C23H28O5/c1-5-25-18-14-12-17(22(16-18)28-8-4)13-15-19(24)23-20(26-6-2)10-9-11-21(23)27-7-3/h9-16H,5-8H2,1-4H3/b15-13+. The van der Waals surface area contributed by atoms with E-state index < -0.39 is 0 Å². The number of benzene rings is 2. The zero-order valence-corrected chi connectivity index (χ0v) is 17.0. The normalized spacial score (nSPS) is 10.7. The second-order valence-electron chi connectivity index (χ2n) is 5.76. The number of carbonyl (C=O) groups excluding carboxylic acids is 1. The van der Waals surface area contributed by atoms with Crippen LogP contribution in [-0.2, 0) is 0 Å². The lowest BCUT2D eigenvalue weighted by Gasteiger charge is -2.13. The first-order chi connectivity index (χ1) is 13.6. The molecule has 0 radical (unpaired) electrons. The van der Waals surface area contributed by atoms with Crippen LogP contribution in [0.5, 0.6) is 23.0 Å². The number of rotatable bonds is 11. The van der Waals surface area contributed by atoms with Crippen LogP contribution in [0, 0.1) is 0 Å². The van der Waals surface area contributed by atoms with Gasteiger partial charge >= 0.3 is 0 Å².